The van der Waals surface area contributed by atoms with Gasteiger partial charge in [0.2, 0.25) is 0 Å². The van der Waals surface area contributed by atoms with Crippen molar-refractivity contribution in [3.8, 4) is 0 Å². The van der Waals surface area contributed by atoms with E-state index in [2.05, 4.69) is 0 Å². The van der Waals surface area contributed by atoms with Gasteiger partial charge in [-0.25, -0.2) is 13.2 Å². The van der Waals surface area contributed by atoms with Crippen LogP contribution in [0.4, 0.5) is 13.2 Å². The van der Waals surface area contributed by atoms with Crippen LogP contribution in [0.15, 0.2) is 21.1 Å². The average Bonchev–Trinajstić information content (AvgIpc) is 2.27. The molecule has 1 nitrogen and oxygen atoms in total. The third-order valence-corrected chi connectivity index (χ3v) is 4.23. The predicted octanol–water partition coefficient (Wildman–Crippen LogP) is 3.40. The van der Waals surface area contributed by atoms with E-state index in [0.29, 0.717) is 4.21 Å². The summed E-state index contributed by atoms with van der Waals surface area (Å²) in [6.45, 7) is 0. The van der Waals surface area contributed by atoms with Crippen LogP contribution in [-0.2, 0) is 0 Å². The third kappa shape index (κ3) is 1.72. The molecule has 0 bridgehead atoms. The van der Waals surface area contributed by atoms with E-state index in [1.807, 2.05) is 0 Å². The molecule has 0 unspecified atom stereocenters. The number of halogens is 3. The Labute approximate surface area is 96.9 Å². The van der Waals surface area contributed by atoms with Crippen molar-refractivity contribution in [2.75, 3.05) is 6.26 Å². The minimum Gasteiger partial charge on any atom is -0.289 e. The molecule has 16 heavy (non-hydrogen) atoms. The number of fused-ring (bicyclic) bond motifs is 1. The van der Waals surface area contributed by atoms with E-state index >= 15 is 0 Å². The summed E-state index contributed by atoms with van der Waals surface area (Å²) in [6.07, 6.45) is 1.72. The van der Waals surface area contributed by atoms with Crippen LogP contribution in [0.5, 0.6) is 0 Å². The molecule has 6 heteroatoms. The molecule has 2 rings (SSSR count). The van der Waals surface area contributed by atoms with Gasteiger partial charge in [0, 0.05) is 11.5 Å². The zero-order valence-corrected chi connectivity index (χ0v) is 9.65. The van der Waals surface area contributed by atoms with Gasteiger partial charge in [-0.2, -0.15) is 0 Å². The van der Waals surface area contributed by atoms with Gasteiger partial charge in [-0.3, -0.25) is 4.79 Å². The molecular weight excluding hydrogens is 257 g/mol. The number of thioether (sulfide) groups is 1. The highest BCUT2D eigenvalue weighted by Crippen LogP contribution is 2.29. The first-order valence-corrected chi connectivity index (χ1v) is 6.24. The molecule has 0 radical (unpaired) electrons. The van der Waals surface area contributed by atoms with Gasteiger partial charge in [0.05, 0.1) is 8.91 Å². The summed E-state index contributed by atoms with van der Waals surface area (Å²) in [4.78, 5) is 11.5. The van der Waals surface area contributed by atoms with Crippen LogP contribution >= 0.6 is 23.1 Å². The van der Waals surface area contributed by atoms with Gasteiger partial charge >= 0.3 is 0 Å². The fraction of sp³-hybridized carbons (Fsp3) is 0.100. The first kappa shape index (κ1) is 11.5. The maximum Gasteiger partial charge on any atom is 0.195 e. The Balaban J connectivity index is 2.96. The largest absolute Gasteiger partial charge is 0.289 e. The average molecular weight is 262 g/mol. The highest BCUT2D eigenvalue weighted by atomic mass is 32.2. The van der Waals surface area contributed by atoms with Crippen LogP contribution in [-0.4, -0.2) is 6.26 Å². The second-order valence-corrected chi connectivity index (χ2v) is 5.16. The second kappa shape index (κ2) is 4.10. The SMILES string of the molecule is CSc1cc(=O)c2cc(F)c(F)c(F)c2s1. The molecule has 0 aliphatic rings. The molecule has 1 heterocycles. The Hall–Kier alpha value is -1.01. The summed E-state index contributed by atoms with van der Waals surface area (Å²) in [6, 6.07) is 2.02. The van der Waals surface area contributed by atoms with Crippen LogP contribution in [0.1, 0.15) is 0 Å². The molecule has 0 N–H and O–H groups in total. The topological polar surface area (TPSA) is 17.1 Å². The Kier molecular flexibility index (Phi) is 2.94. The molecule has 0 aliphatic carbocycles. The lowest BCUT2D eigenvalue weighted by atomic mass is 10.2. The molecule has 0 saturated carbocycles. The molecule has 0 atom stereocenters. The maximum atomic E-state index is 13.4. The van der Waals surface area contributed by atoms with E-state index < -0.39 is 22.9 Å². The normalized spacial score (nSPS) is 11.0. The predicted molar refractivity (Wildman–Crippen MR) is 59.8 cm³/mol. The summed E-state index contributed by atoms with van der Waals surface area (Å²) in [5.41, 5.74) is -0.504. The zero-order valence-electron chi connectivity index (χ0n) is 8.01. The first-order valence-electron chi connectivity index (χ1n) is 4.20. The summed E-state index contributed by atoms with van der Waals surface area (Å²) >= 11 is 2.18. The zero-order chi connectivity index (χ0) is 11.9. The number of hydrogen-bond donors (Lipinski definition) is 0. The molecular formula is C10H5F3OS2. The van der Waals surface area contributed by atoms with Crippen molar-refractivity contribution in [2.24, 2.45) is 0 Å². The molecule has 1 aromatic heterocycles. The van der Waals surface area contributed by atoms with Crippen LogP contribution in [0.2, 0.25) is 0 Å². The lowest BCUT2D eigenvalue weighted by Crippen LogP contribution is -2.02. The van der Waals surface area contributed by atoms with Gasteiger partial charge in [-0.15, -0.1) is 23.1 Å². The lowest BCUT2D eigenvalue weighted by Gasteiger charge is -2.02. The Morgan fingerprint density at radius 1 is 1.19 bits per heavy atom. The van der Waals surface area contributed by atoms with Gasteiger partial charge in [0.15, 0.2) is 22.9 Å². The minimum absolute atomic E-state index is 0.126. The smallest absolute Gasteiger partial charge is 0.195 e. The number of benzene rings is 1. The van der Waals surface area contributed by atoms with Crippen LogP contribution in [0, 0.1) is 17.5 Å². The summed E-state index contributed by atoms with van der Waals surface area (Å²) in [7, 11) is 0. The van der Waals surface area contributed by atoms with Crippen molar-refractivity contribution < 1.29 is 13.2 Å². The van der Waals surface area contributed by atoms with Crippen LogP contribution < -0.4 is 5.43 Å². The second-order valence-electron chi connectivity index (χ2n) is 3.00. The summed E-state index contributed by atoms with van der Waals surface area (Å²) in [5, 5.41) is -0.126. The van der Waals surface area contributed by atoms with E-state index in [1.54, 1.807) is 6.26 Å². The molecule has 0 spiro atoms. The summed E-state index contributed by atoms with van der Waals surface area (Å²) < 4.78 is 39.7. The Bertz CT molecular complexity index is 621. The van der Waals surface area contributed by atoms with Gasteiger partial charge in [-0.1, -0.05) is 0 Å². The number of hydrogen-bond acceptors (Lipinski definition) is 3. The van der Waals surface area contributed by atoms with Crippen molar-refractivity contribution in [3.05, 3.63) is 39.8 Å². The van der Waals surface area contributed by atoms with E-state index in [-0.39, 0.29) is 10.1 Å². The minimum atomic E-state index is -1.54. The standard InChI is InChI=1S/C10H5F3OS2/c1-15-7-3-6(14)4-2-5(11)8(12)9(13)10(4)16-7/h2-3H,1H3. The monoisotopic (exact) mass is 262 g/mol. The molecule has 84 valence electrons. The third-order valence-electron chi connectivity index (χ3n) is 2.04. The van der Waals surface area contributed by atoms with Crippen LogP contribution in [0.25, 0.3) is 10.1 Å². The highest BCUT2D eigenvalue weighted by molar-refractivity contribution is 8.00. The quantitative estimate of drug-likeness (QED) is 0.578. The summed E-state index contributed by atoms with van der Waals surface area (Å²) in [5.74, 6) is -4.18. The van der Waals surface area contributed by atoms with Gasteiger partial charge < -0.3 is 0 Å². The van der Waals surface area contributed by atoms with E-state index in [1.165, 1.54) is 17.8 Å². The van der Waals surface area contributed by atoms with Gasteiger partial charge in [0.25, 0.3) is 0 Å². The number of rotatable bonds is 1. The van der Waals surface area contributed by atoms with Crippen molar-refractivity contribution in [3.63, 3.8) is 0 Å². The maximum absolute atomic E-state index is 13.4. The molecule has 0 saturated heterocycles. The molecule has 0 aliphatic heterocycles. The van der Waals surface area contributed by atoms with Crippen molar-refractivity contribution in [1.82, 2.24) is 0 Å². The van der Waals surface area contributed by atoms with Crippen molar-refractivity contribution in [2.45, 2.75) is 4.21 Å². The Morgan fingerprint density at radius 2 is 1.88 bits per heavy atom. The van der Waals surface area contributed by atoms with Gasteiger partial charge in [-0.05, 0) is 12.3 Å². The van der Waals surface area contributed by atoms with E-state index in [0.717, 1.165) is 17.4 Å². The highest BCUT2D eigenvalue weighted by Gasteiger charge is 2.16. The molecule has 0 amide bonds. The molecule has 1 aromatic carbocycles. The molecule has 0 fully saturated rings. The van der Waals surface area contributed by atoms with Gasteiger partial charge in [0.1, 0.15) is 0 Å². The molecule has 2 aromatic rings. The fourth-order valence-corrected chi connectivity index (χ4v) is 2.90. The van der Waals surface area contributed by atoms with Crippen LogP contribution in [0.3, 0.4) is 0 Å². The van der Waals surface area contributed by atoms with E-state index in [4.69, 9.17) is 0 Å². The van der Waals surface area contributed by atoms with E-state index in [9.17, 15) is 18.0 Å². The Morgan fingerprint density at radius 3 is 2.50 bits per heavy atom. The van der Waals surface area contributed by atoms with Crippen molar-refractivity contribution >= 4 is 33.2 Å². The fourth-order valence-electron chi connectivity index (χ4n) is 1.28. The first-order chi connectivity index (χ1) is 7.54. The lowest BCUT2D eigenvalue weighted by molar-refractivity contribution is 0.454. The van der Waals surface area contributed by atoms with Crippen molar-refractivity contribution in [1.29, 1.82) is 0 Å².